The third-order valence-electron chi connectivity index (χ3n) is 6.65. The topological polar surface area (TPSA) is 59.4 Å². The predicted octanol–water partition coefficient (Wildman–Crippen LogP) is 4.87. The van der Waals surface area contributed by atoms with Crippen molar-refractivity contribution < 1.29 is 9.53 Å². The Morgan fingerprint density at radius 3 is 2.42 bits per heavy atom. The van der Waals surface area contributed by atoms with Gasteiger partial charge in [-0.1, -0.05) is 81.4 Å². The van der Waals surface area contributed by atoms with Gasteiger partial charge in [0, 0.05) is 31.3 Å². The highest BCUT2D eigenvalue weighted by Gasteiger charge is 2.52. The molecule has 33 heavy (non-hydrogen) atoms. The number of imidazole rings is 1. The summed E-state index contributed by atoms with van der Waals surface area (Å²) in [5.74, 6) is 0.894. The highest BCUT2D eigenvalue weighted by Crippen LogP contribution is 2.43. The van der Waals surface area contributed by atoms with E-state index in [1.807, 2.05) is 29.2 Å². The minimum Gasteiger partial charge on any atom is -0.439 e. The Kier molecular flexibility index (Phi) is 5.49. The zero-order valence-corrected chi connectivity index (χ0v) is 19.6. The molecule has 2 fully saturated rings. The van der Waals surface area contributed by atoms with Crippen molar-refractivity contribution >= 4 is 6.09 Å². The molecule has 2 aromatic carbocycles. The second kappa shape index (κ2) is 8.34. The number of rotatable bonds is 5. The molecule has 6 nitrogen and oxygen atoms in total. The van der Waals surface area contributed by atoms with E-state index in [2.05, 4.69) is 73.3 Å². The molecule has 1 N–H and O–H groups in total. The van der Waals surface area contributed by atoms with Crippen molar-refractivity contribution in [1.29, 1.82) is 0 Å². The lowest BCUT2D eigenvalue weighted by molar-refractivity contribution is 0.0714. The van der Waals surface area contributed by atoms with Crippen molar-refractivity contribution in [3.63, 3.8) is 0 Å². The summed E-state index contributed by atoms with van der Waals surface area (Å²) in [4.78, 5) is 20.2. The third-order valence-corrected chi connectivity index (χ3v) is 6.65. The van der Waals surface area contributed by atoms with Crippen LogP contribution in [-0.2, 0) is 11.3 Å². The molecule has 0 saturated carbocycles. The number of hydrogen-bond donors (Lipinski definition) is 1. The van der Waals surface area contributed by atoms with Crippen LogP contribution >= 0.6 is 0 Å². The van der Waals surface area contributed by atoms with Crippen LogP contribution in [0.2, 0.25) is 0 Å². The molecule has 1 aromatic heterocycles. The average molecular weight is 445 g/mol. The number of carbonyl (C=O) groups is 1. The lowest BCUT2D eigenvalue weighted by atomic mass is 9.84. The molecule has 3 heterocycles. The first-order chi connectivity index (χ1) is 15.8. The molecular formula is C27H32N4O2. The standard InChI is InChI=1S/C27H32N4O2/c1-26(2,3)23(31-19-27(33-25(31)32)14-15-28-18-27)24-29-22(21-12-8-5-9-13-21)17-30(24)16-20-10-6-4-7-11-20/h4-13,17,23,28H,14-16,18-19H2,1-3H3/t23-,27?/m0/s1. The van der Waals surface area contributed by atoms with Crippen LogP contribution in [-0.4, -0.2) is 45.8 Å². The van der Waals surface area contributed by atoms with E-state index < -0.39 is 5.60 Å². The summed E-state index contributed by atoms with van der Waals surface area (Å²) < 4.78 is 8.16. The summed E-state index contributed by atoms with van der Waals surface area (Å²) in [6, 6.07) is 20.4. The minimum atomic E-state index is -0.431. The zero-order valence-electron chi connectivity index (χ0n) is 19.6. The van der Waals surface area contributed by atoms with Crippen molar-refractivity contribution in [2.24, 2.45) is 5.41 Å². The van der Waals surface area contributed by atoms with E-state index in [1.165, 1.54) is 5.56 Å². The quantitative estimate of drug-likeness (QED) is 0.610. The minimum absolute atomic E-state index is 0.217. The molecule has 1 spiro atoms. The maximum absolute atomic E-state index is 13.2. The molecule has 3 aromatic rings. The van der Waals surface area contributed by atoms with Crippen molar-refractivity contribution in [2.45, 2.75) is 45.4 Å². The maximum atomic E-state index is 13.2. The summed E-state index contributed by atoms with van der Waals surface area (Å²) in [6.45, 7) is 9.38. The fraction of sp³-hybridized carbons (Fsp3) is 0.407. The Labute approximate surface area is 195 Å². The Bertz CT molecular complexity index is 1110. The number of ether oxygens (including phenoxy) is 1. The van der Waals surface area contributed by atoms with Gasteiger partial charge in [0.1, 0.15) is 11.4 Å². The highest BCUT2D eigenvalue weighted by atomic mass is 16.6. The van der Waals surface area contributed by atoms with E-state index in [0.717, 1.165) is 30.0 Å². The van der Waals surface area contributed by atoms with E-state index in [1.54, 1.807) is 0 Å². The Balaban J connectivity index is 1.59. The number of carbonyl (C=O) groups excluding carboxylic acids is 1. The SMILES string of the molecule is CC(C)(C)[C@H](c1nc(-c2ccccc2)cn1Cc1ccccc1)N1CC2(CCNC2)OC1=O. The van der Waals surface area contributed by atoms with Gasteiger partial charge >= 0.3 is 6.09 Å². The molecule has 2 aliphatic rings. The summed E-state index contributed by atoms with van der Waals surface area (Å²) in [5, 5.41) is 3.36. The Hall–Kier alpha value is -3.12. The number of nitrogens with zero attached hydrogens (tertiary/aromatic N) is 3. The normalized spacial score (nSPS) is 21.5. The Morgan fingerprint density at radius 1 is 1.09 bits per heavy atom. The van der Waals surface area contributed by atoms with Gasteiger partial charge in [-0.15, -0.1) is 0 Å². The van der Waals surface area contributed by atoms with Crippen molar-refractivity contribution in [3.8, 4) is 11.3 Å². The van der Waals surface area contributed by atoms with Crippen LogP contribution in [0, 0.1) is 5.41 Å². The summed E-state index contributed by atoms with van der Waals surface area (Å²) in [5.41, 5.74) is 2.52. The van der Waals surface area contributed by atoms with Gasteiger partial charge in [-0.25, -0.2) is 9.78 Å². The molecule has 6 heteroatoms. The monoisotopic (exact) mass is 444 g/mol. The molecular weight excluding hydrogens is 412 g/mol. The Morgan fingerprint density at radius 2 is 1.79 bits per heavy atom. The second-order valence-corrected chi connectivity index (χ2v) is 10.3. The van der Waals surface area contributed by atoms with Gasteiger partial charge in [-0.3, -0.25) is 4.90 Å². The van der Waals surface area contributed by atoms with Crippen LogP contribution in [0.3, 0.4) is 0 Å². The van der Waals surface area contributed by atoms with E-state index in [9.17, 15) is 4.79 Å². The van der Waals surface area contributed by atoms with Crippen molar-refractivity contribution in [2.75, 3.05) is 19.6 Å². The van der Waals surface area contributed by atoms with Crippen LogP contribution in [0.25, 0.3) is 11.3 Å². The maximum Gasteiger partial charge on any atom is 0.411 e. The lowest BCUT2D eigenvalue weighted by Gasteiger charge is -2.36. The largest absolute Gasteiger partial charge is 0.439 e. The van der Waals surface area contributed by atoms with Crippen LogP contribution < -0.4 is 5.32 Å². The number of benzene rings is 2. The summed E-state index contributed by atoms with van der Waals surface area (Å²) in [6.07, 6.45) is 2.72. The van der Waals surface area contributed by atoms with E-state index in [-0.39, 0.29) is 17.6 Å². The van der Waals surface area contributed by atoms with Crippen LogP contribution in [0.15, 0.2) is 66.9 Å². The molecule has 1 amide bonds. The van der Waals surface area contributed by atoms with E-state index in [0.29, 0.717) is 19.6 Å². The first-order valence-electron chi connectivity index (χ1n) is 11.7. The molecule has 0 radical (unpaired) electrons. The van der Waals surface area contributed by atoms with Gasteiger partial charge in [0.2, 0.25) is 0 Å². The molecule has 2 saturated heterocycles. The van der Waals surface area contributed by atoms with Crippen LogP contribution in [0.4, 0.5) is 4.79 Å². The third kappa shape index (κ3) is 4.27. The molecule has 172 valence electrons. The molecule has 0 bridgehead atoms. The predicted molar refractivity (Wildman–Crippen MR) is 129 cm³/mol. The number of hydrogen-bond acceptors (Lipinski definition) is 4. The summed E-state index contributed by atoms with van der Waals surface area (Å²) >= 11 is 0. The van der Waals surface area contributed by atoms with Gasteiger partial charge in [-0.05, 0) is 17.5 Å². The fourth-order valence-electron chi connectivity index (χ4n) is 5.09. The van der Waals surface area contributed by atoms with Gasteiger partial charge in [0.05, 0.1) is 18.3 Å². The zero-order chi connectivity index (χ0) is 23.1. The molecule has 0 aliphatic carbocycles. The highest BCUT2D eigenvalue weighted by molar-refractivity contribution is 5.72. The summed E-state index contributed by atoms with van der Waals surface area (Å²) in [7, 11) is 0. The number of aromatic nitrogens is 2. The first-order valence-corrected chi connectivity index (χ1v) is 11.7. The number of nitrogens with one attached hydrogen (secondary N) is 1. The van der Waals surface area contributed by atoms with Crippen LogP contribution in [0.1, 0.15) is 44.6 Å². The van der Waals surface area contributed by atoms with Crippen LogP contribution in [0.5, 0.6) is 0 Å². The van der Waals surface area contributed by atoms with Crippen molar-refractivity contribution in [3.05, 3.63) is 78.2 Å². The van der Waals surface area contributed by atoms with Gasteiger partial charge < -0.3 is 14.6 Å². The smallest absolute Gasteiger partial charge is 0.411 e. The molecule has 1 unspecified atom stereocenters. The second-order valence-electron chi connectivity index (χ2n) is 10.3. The average Bonchev–Trinajstić information content (AvgIpc) is 3.49. The number of amides is 1. The van der Waals surface area contributed by atoms with E-state index >= 15 is 0 Å². The van der Waals surface area contributed by atoms with E-state index in [4.69, 9.17) is 9.72 Å². The fourth-order valence-corrected chi connectivity index (χ4v) is 5.09. The molecule has 5 rings (SSSR count). The van der Waals surface area contributed by atoms with Gasteiger partial charge in [-0.2, -0.15) is 0 Å². The molecule has 2 atom stereocenters. The lowest BCUT2D eigenvalue weighted by Crippen LogP contribution is -2.42. The first kappa shape index (κ1) is 21.7. The molecule has 2 aliphatic heterocycles. The van der Waals surface area contributed by atoms with Gasteiger partial charge in [0.15, 0.2) is 0 Å². The van der Waals surface area contributed by atoms with Gasteiger partial charge in [0.25, 0.3) is 0 Å². The van der Waals surface area contributed by atoms with Crippen molar-refractivity contribution in [1.82, 2.24) is 19.8 Å².